The highest BCUT2D eigenvalue weighted by Crippen LogP contribution is 2.22. The van der Waals surface area contributed by atoms with Crippen molar-refractivity contribution < 1.29 is 19.1 Å². The number of methoxy groups -OCH3 is 1. The maximum atomic E-state index is 10.8. The average molecular weight is 221 g/mol. The number of nitrogens with zero attached hydrogens (tertiary/aromatic N) is 1. The Hall–Kier alpha value is -1.88. The monoisotopic (exact) mass is 221 g/mol. The van der Waals surface area contributed by atoms with Gasteiger partial charge in [0, 0.05) is 7.11 Å². The summed E-state index contributed by atoms with van der Waals surface area (Å²) in [7, 11) is 1.56. The molecule has 0 bridgehead atoms. The van der Waals surface area contributed by atoms with Crippen LogP contribution in [-0.2, 0) is 4.74 Å². The molecule has 0 aliphatic rings. The third-order valence-corrected chi connectivity index (χ3v) is 2.35. The molecule has 16 heavy (non-hydrogen) atoms. The van der Waals surface area contributed by atoms with Crippen molar-refractivity contribution in [2.24, 2.45) is 0 Å². The number of aromatic nitrogens is 1. The van der Waals surface area contributed by atoms with E-state index in [1.165, 1.54) is 12.1 Å². The summed E-state index contributed by atoms with van der Waals surface area (Å²) in [4.78, 5) is 14.9. The van der Waals surface area contributed by atoms with Crippen molar-refractivity contribution in [3.8, 4) is 0 Å². The van der Waals surface area contributed by atoms with Crippen LogP contribution in [0.5, 0.6) is 0 Å². The predicted molar refractivity (Wildman–Crippen MR) is 56.4 cm³/mol. The molecular weight excluding hydrogens is 210 g/mol. The molecule has 0 saturated carbocycles. The fraction of sp³-hybridized carbons (Fsp3) is 0.273. The van der Waals surface area contributed by atoms with Gasteiger partial charge in [-0.2, -0.15) is 0 Å². The van der Waals surface area contributed by atoms with E-state index < -0.39 is 5.97 Å². The number of fused-ring (bicyclic) bond motifs is 1. The topological polar surface area (TPSA) is 72.6 Å². The molecule has 0 fully saturated rings. The van der Waals surface area contributed by atoms with E-state index in [0.717, 1.165) is 0 Å². The van der Waals surface area contributed by atoms with Gasteiger partial charge in [-0.05, 0) is 25.1 Å². The normalized spacial score (nSPS) is 12.9. The van der Waals surface area contributed by atoms with E-state index in [4.69, 9.17) is 14.3 Å². The van der Waals surface area contributed by atoms with Crippen LogP contribution in [0.3, 0.4) is 0 Å². The molecule has 1 atom stereocenters. The maximum Gasteiger partial charge on any atom is 0.335 e. The van der Waals surface area contributed by atoms with E-state index in [1.807, 2.05) is 6.92 Å². The van der Waals surface area contributed by atoms with Gasteiger partial charge in [0.2, 0.25) is 5.89 Å². The highest BCUT2D eigenvalue weighted by Gasteiger charge is 2.13. The average Bonchev–Trinajstić information content (AvgIpc) is 2.70. The van der Waals surface area contributed by atoms with E-state index in [2.05, 4.69) is 4.98 Å². The molecule has 84 valence electrons. The number of rotatable bonds is 3. The number of hydrogen-bond donors (Lipinski definition) is 1. The van der Waals surface area contributed by atoms with Gasteiger partial charge in [0.05, 0.1) is 5.56 Å². The number of aromatic carboxylic acids is 1. The Kier molecular flexibility index (Phi) is 2.62. The second kappa shape index (κ2) is 3.94. The standard InChI is InChI=1S/C11H11NO4/c1-6(15-2)10-12-8-5-7(11(13)14)3-4-9(8)16-10/h3-6H,1-2H3,(H,13,14). The molecule has 0 amide bonds. The highest BCUT2D eigenvalue weighted by molar-refractivity contribution is 5.91. The Bertz CT molecular complexity index is 532. The number of ether oxygens (including phenoxy) is 1. The Morgan fingerprint density at radius 3 is 2.94 bits per heavy atom. The molecule has 5 nitrogen and oxygen atoms in total. The lowest BCUT2D eigenvalue weighted by atomic mass is 10.2. The Morgan fingerprint density at radius 2 is 2.31 bits per heavy atom. The highest BCUT2D eigenvalue weighted by atomic mass is 16.5. The number of benzene rings is 1. The lowest BCUT2D eigenvalue weighted by Gasteiger charge is -2.01. The maximum absolute atomic E-state index is 10.8. The van der Waals surface area contributed by atoms with Crippen molar-refractivity contribution in [2.45, 2.75) is 13.0 Å². The second-order valence-corrected chi connectivity index (χ2v) is 3.42. The van der Waals surface area contributed by atoms with Crippen LogP contribution in [0.2, 0.25) is 0 Å². The lowest BCUT2D eigenvalue weighted by molar-refractivity contribution is 0.0697. The van der Waals surface area contributed by atoms with Gasteiger partial charge in [-0.1, -0.05) is 0 Å². The smallest absolute Gasteiger partial charge is 0.335 e. The van der Waals surface area contributed by atoms with E-state index in [0.29, 0.717) is 17.0 Å². The summed E-state index contributed by atoms with van der Waals surface area (Å²) >= 11 is 0. The zero-order valence-corrected chi connectivity index (χ0v) is 8.93. The number of hydrogen-bond acceptors (Lipinski definition) is 4. The van der Waals surface area contributed by atoms with Gasteiger partial charge in [0.25, 0.3) is 0 Å². The fourth-order valence-corrected chi connectivity index (χ4v) is 1.35. The molecule has 2 rings (SSSR count). The molecule has 0 radical (unpaired) electrons. The van der Waals surface area contributed by atoms with Gasteiger partial charge >= 0.3 is 5.97 Å². The van der Waals surface area contributed by atoms with Crippen molar-refractivity contribution >= 4 is 17.1 Å². The SMILES string of the molecule is COC(C)c1nc2cc(C(=O)O)ccc2o1. The summed E-state index contributed by atoms with van der Waals surface area (Å²) in [5, 5.41) is 8.82. The summed E-state index contributed by atoms with van der Waals surface area (Å²) in [5.41, 5.74) is 1.28. The van der Waals surface area contributed by atoms with Crippen molar-refractivity contribution in [3.05, 3.63) is 29.7 Å². The van der Waals surface area contributed by atoms with Crippen LogP contribution in [0.1, 0.15) is 29.3 Å². The summed E-state index contributed by atoms with van der Waals surface area (Å²) in [6.45, 7) is 1.81. The van der Waals surface area contributed by atoms with Crippen LogP contribution < -0.4 is 0 Å². The molecule has 2 aromatic rings. The van der Waals surface area contributed by atoms with Crippen molar-refractivity contribution in [2.75, 3.05) is 7.11 Å². The molecule has 1 heterocycles. The summed E-state index contributed by atoms with van der Waals surface area (Å²) in [5.74, 6) is -0.536. The summed E-state index contributed by atoms with van der Waals surface area (Å²) in [6, 6.07) is 4.56. The third-order valence-electron chi connectivity index (χ3n) is 2.35. The minimum atomic E-state index is -0.980. The van der Waals surface area contributed by atoms with Crippen LogP contribution in [0, 0.1) is 0 Å². The van der Waals surface area contributed by atoms with E-state index in [9.17, 15) is 4.79 Å². The Morgan fingerprint density at radius 1 is 1.56 bits per heavy atom. The molecule has 0 spiro atoms. The van der Waals surface area contributed by atoms with Gasteiger partial charge in [0.1, 0.15) is 11.6 Å². The molecule has 0 aliphatic heterocycles. The van der Waals surface area contributed by atoms with Gasteiger partial charge in [0.15, 0.2) is 5.58 Å². The van der Waals surface area contributed by atoms with E-state index >= 15 is 0 Å². The third kappa shape index (κ3) is 1.77. The number of oxazole rings is 1. The fourth-order valence-electron chi connectivity index (χ4n) is 1.35. The molecule has 0 saturated heterocycles. The molecule has 1 aromatic carbocycles. The first-order valence-electron chi connectivity index (χ1n) is 4.78. The minimum absolute atomic E-state index is 0.192. The van der Waals surface area contributed by atoms with Gasteiger partial charge in [-0.25, -0.2) is 9.78 Å². The largest absolute Gasteiger partial charge is 0.478 e. The second-order valence-electron chi connectivity index (χ2n) is 3.42. The Balaban J connectivity index is 2.49. The number of carboxylic acid groups (broad SMARTS) is 1. The number of carbonyl (C=O) groups is 1. The molecule has 1 N–H and O–H groups in total. The molecule has 5 heteroatoms. The summed E-state index contributed by atoms with van der Waals surface area (Å²) in [6.07, 6.45) is -0.249. The van der Waals surface area contributed by atoms with Crippen LogP contribution in [0.15, 0.2) is 22.6 Å². The first-order valence-corrected chi connectivity index (χ1v) is 4.78. The quantitative estimate of drug-likeness (QED) is 0.860. The van der Waals surface area contributed by atoms with E-state index in [-0.39, 0.29) is 11.7 Å². The molecule has 0 aliphatic carbocycles. The molecular formula is C11H11NO4. The Labute approximate surface area is 91.7 Å². The minimum Gasteiger partial charge on any atom is -0.478 e. The zero-order chi connectivity index (χ0) is 11.7. The molecule has 1 unspecified atom stereocenters. The van der Waals surface area contributed by atoms with Crippen LogP contribution in [0.25, 0.3) is 11.1 Å². The number of carboxylic acids is 1. The van der Waals surface area contributed by atoms with Gasteiger partial charge in [-0.3, -0.25) is 0 Å². The first kappa shape index (κ1) is 10.6. The predicted octanol–water partition coefficient (Wildman–Crippen LogP) is 2.23. The van der Waals surface area contributed by atoms with E-state index in [1.54, 1.807) is 13.2 Å². The van der Waals surface area contributed by atoms with Crippen molar-refractivity contribution in [3.63, 3.8) is 0 Å². The van der Waals surface area contributed by atoms with Gasteiger partial charge < -0.3 is 14.3 Å². The van der Waals surface area contributed by atoms with Crippen LogP contribution in [0.4, 0.5) is 0 Å². The van der Waals surface area contributed by atoms with Gasteiger partial charge in [-0.15, -0.1) is 0 Å². The molecule has 1 aromatic heterocycles. The van der Waals surface area contributed by atoms with Crippen molar-refractivity contribution in [1.82, 2.24) is 4.98 Å². The first-order chi connectivity index (χ1) is 7.61. The summed E-state index contributed by atoms with van der Waals surface area (Å²) < 4.78 is 10.5. The van der Waals surface area contributed by atoms with Crippen molar-refractivity contribution in [1.29, 1.82) is 0 Å². The van der Waals surface area contributed by atoms with Crippen LogP contribution >= 0.6 is 0 Å². The lowest BCUT2D eigenvalue weighted by Crippen LogP contribution is -1.95. The van der Waals surface area contributed by atoms with Crippen LogP contribution in [-0.4, -0.2) is 23.2 Å². The zero-order valence-electron chi connectivity index (χ0n) is 8.93.